The molecule has 16 heavy (non-hydrogen) atoms. The van der Waals surface area contributed by atoms with E-state index in [2.05, 4.69) is 54.6 Å². The van der Waals surface area contributed by atoms with E-state index in [1.54, 1.807) is 0 Å². The van der Waals surface area contributed by atoms with Crippen LogP contribution in [-0.2, 0) is 11.4 Å². The van der Waals surface area contributed by atoms with E-state index in [0.717, 1.165) is 5.56 Å². The molecule has 1 aromatic heterocycles. The van der Waals surface area contributed by atoms with E-state index >= 15 is 0 Å². The molecule has 0 amide bonds. The van der Waals surface area contributed by atoms with Crippen LogP contribution in [0.4, 0.5) is 0 Å². The van der Waals surface area contributed by atoms with Gasteiger partial charge in [0.2, 0.25) is 0 Å². The zero-order valence-electron chi connectivity index (χ0n) is 10.0. The van der Waals surface area contributed by atoms with Crippen LogP contribution in [0.1, 0.15) is 31.0 Å². The minimum atomic E-state index is 0.461. The smallest absolute Gasteiger partial charge is 0.0930 e. The fourth-order valence-electron chi connectivity index (χ4n) is 2.09. The van der Waals surface area contributed by atoms with Crippen molar-refractivity contribution in [2.24, 2.45) is 5.90 Å². The summed E-state index contributed by atoms with van der Waals surface area (Å²) in [7, 11) is 0. The van der Waals surface area contributed by atoms with Crippen LogP contribution in [0, 0.1) is 6.92 Å². The highest BCUT2D eigenvalue weighted by Gasteiger charge is 2.08. The lowest BCUT2D eigenvalue weighted by Crippen LogP contribution is -2.00. The molecule has 2 rings (SSSR count). The third-order valence-electron chi connectivity index (χ3n) is 2.90. The third kappa shape index (κ3) is 1.84. The lowest BCUT2D eigenvalue weighted by Gasteiger charge is -2.09. The summed E-state index contributed by atoms with van der Waals surface area (Å²) in [6, 6.07) is 6.83. The van der Waals surface area contributed by atoms with E-state index in [1.165, 1.54) is 16.5 Å². The van der Waals surface area contributed by atoms with Gasteiger partial charge < -0.3 is 4.57 Å². The Morgan fingerprint density at radius 1 is 1.38 bits per heavy atom. The number of nitrogens with zero attached hydrogens (tertiary/aromatic N) is 1. The summed E-state index contributed by atoms with van der Waals surface area (Å²) in [6.45, 7) is 6.97. The molecule has 1 aromatic carbocycles. The Morgan fingerprint density at radius 3 is 2.75 bits per heavy atom. The van der Waals surface area contributed by atoms with Crippen LogP contribution in [0.15, 0.2) is 24.4 Å². The summed E-state index contributed by atoms with van der Waals surface area (Å²) in [5.41, 5.74) is 3.68. The average molecular weight is 218 g/mol. The molecule has 0 atom stereocenters. The quantitative estimate of drug-likeness (QED) is 0.805. The van der Waals surface area contributed by atoms with Crippen molar-refractivity contribution in [3.63, 3.8) is 0 Å². The Bertz CT molecular complexity index is 500. The molecule has 2 N–H and O–H groups in total. The standard InChI is InChI=1S/C13H18N2O/c1-9(2)15-7-10(3)12-6-11(8-16-14)4-5-13(12)15/h4-7,9H,8,14H2,1-3H3. The van der Waals surface area contributed by atoms with Gasteiger partial charge in [0.1, 0.15) is 0 Å². The van der Waals surface area contributed by atoms with Gasteiger partial charge in [0.05, 0.1) is 6.61 Å². The minimum Gasteiger partial charge on any atom is -0.345 e. The molecule has 0 unspecified atom stereocenters. The van der Waals surface area contributed by atoms with Gasteiger partial charge in [0, 0.05) is 23.1 Å². The van der Waals surface area contributed by atoms with Crippen molar-refractivity contribution in [2.75, 3.05) is 0 Å². The van der Waals surface area contributed by atoms with Crippen molar-refractivity contribution in [1.29, 1.82) is 0 Å². The Balaban J connectivity index is 2.57. The van der Waals surface area contributed by atoms with Gasteiger partial charge in [-0.3, -0.25) is 4.84 Å². The van der Waals surface area contributed by atoms with Crippen LogP contribution in [0.25, 0.3) is 10.9 Å². The van der Waals surface area contributed by atoms with E-state index in [-0.39, 0.29) is 0 Å². The minimum absolute atomic E-state index is 0.461. The predicted molar refractivity (Wildman–Crippen MR) is 66.0 cm³/mol. The van der Waals surface area contributed by atoms with Gasteiger partial charge in [0.25, 0.3) is 0 Å². The number of rotatable bonds is 3. The van der Waals surface area contributed by atoms with Crippen LogP contribution in [0.5, 0.6) is 0 Å². The summed E-state index contributed by atoms with van der Waals surface area (Å²) >= 11 is 0. The van der Waals surface area contributed by atoms with E-state index in [0.29, 0.717) is 12.6 Å². The molecular formula is C13H18N2O. The number of aryl methyl sites for hydroxylation is 1. The van der Waals surface area contributed by atoms with Gasteiger partial charge in [-0.05, 0) is 44.0 Å². The zero-order valence-corrected chi connectivity index (χ0v) is 10.0. The normalized spacial score (nSPS) is 11.6. The fraction of sp³-hybridized carbons (Fsp3) is 0.385. The molecule has 0 fully saturated rings. The first-order chi connectivity index (χ1) is 7.63. The summed E-state index contributed by atoms with van der Waals surface area (Å²) < 4.78 is 2.29. The molecule has 86 valence electrons. The maximum atomic E-state index is 5.09. The van der Waals surface area contributed by atoms with Crippen LogP contribution in [0.3, 0.4) is 0 Å². The first-order valence-electron chi connectivity index (χ1n) is 5.55. The maximum absolute atomic E-state index is 5.09. The van der Waals surface area contributed by atoms with Gasteiger partial charge >= 0.3 is 0 Å². The average Bonchev–Trinajstić information content (AvgIpc) is 2.57. The highest BCUT2D eigenvalue weighted by atomic mass is 16.6. The van der Waals surface area contributed by atoms with Crippen LogP contribution in [-0.4, -0.2) is 4.57 Å². The topological polar surface area (TPSA) is 40.2 Å². The summed E-state index contributed by atoms with van der Waals surface area (Å²) in [5, 5.41) is 1.28. The maximum Gasteiger partial charge on any atom is 0.0930 e. The Kier molecular flexibility index (Phi) is 2.99. The fourth-order valence-corrected chi connectivity index (χ4v) is 2.09. The van der Waals surface area contributed by atoms with E-state index in [4.69, 9.17) is 5.90 Å². The van der Waals surface area contributed by atoms with E-state index in [9.17, 15) is 0 Å². The van der Waals surface area contributed by atoms with Crippen molar-refractivity contribution in [2.45, 2.75) is 33.4 Å². The molecule has 3 nitrogen and oxygen atoms in total. The van der Waals surface area contributed by atoms with Crippen molar-refractivity contribution in [3.8, 4) is 0 Å². The largest absolute Gasteiger partial charge is 0.345 e. The van der Waals surface area contributed by atoms with E-state index in [1.807, 2.05) is 0 Å². The molecule has 0 radical (unpaired) electrons. The molecule has 0 saturated carbocycles. The lowest BCUT2D eigenvalue weighted by atomic mass is 10.1. The lowest BCUT2D eigenvalue weighted by molar-refractivity contribution is 0.124. The van der Waals surface area contributed by atoms with E-state index < -0.39 is 0 Å². The highest BCUT2D eigenvalue weighted by Crippen LogP contribution is 2.25. The molecule has 0 aliphatic rings. The Hall–Kier alpha value is -1.32. The second kappa shape index (κ2) is 4.28. The first kappa shape index (κ1) is 11.2. The number of hydrogen-bond acceptors (Lipinski definition) is 2. The Morgan fingerprint density at radius 2 is 2.12 bits per heavy atom. The number of benzene rings is 1. The predicted octanol–water partition coefficient (Wildman–Crippen LogP) is 2.92. The van der Waals surface area contributed by atoms with Crippen molar-refractivity contribution >= 4 is 10.9 Å². The number of nitrogens with two attached hydrogens (primary N) is 1. The molecule has 0 spiro atoms. The van der Waals surface area contributed by atoms with Gasteiger partial charge in [-0.15, -0.1) is 0 Å². The SMILES string of the molecule is Cc1cn(C(C)C)c2ccc(CON)cc12. The molecule has 0 aliphatic carbocycles. The van der Waals surface area contributed by atoms with Crippen LogP contribution < -0.4 is 5.90 Å². The molecule has 0 aliphatic heterocycles. The second-order valence-electron chi connectivity index (χ2n) is 4.48. The monoisotopic (exact) mass is 218 g/mol. The van der Waals surface area contributed by atoms with Gasteiger partial charge in [-0.2, -0.15) is 0 Å². The highest BCUT2D eigenvalue weighted by molar-refractivity contribution is 5.84. The van der Waals surface area contributed by atoms with Crippen molar-refractivity contribution in [1.82, 2.24) is 4.57 Å². The summed E-state index contributed by atoms with van der Waals surface area (Å²) in [6.07, 6.45) is 2.20. The van der Waals surface area contributed by atoms with Gasteiger partial charge in [-0.1, -0.05) is 6.07 Å². The third-order valence-corrected chi connectivity index (χ3v) is 2.90. The molecule has 3 heteroatoms. The molecular weight excluding hydrogens is 200 g/mol. The molecule has 2 aromatic rings. The zero-order chi connectivity index (χ0) is 11.7. The van der Waals surface area contributed by atoms with Crippen molar-refractivity contribution < 1.29 is 4.84 Å². The van der Waals surface area contributed by atoms with Crippen LogP contribution in [0.2, 0.25) is 0 Å². The number of aromatic nitrogens is 1. The molecule has 0 saturated heterocycles. The van der Waals surface area contributed by atoms with Gasteiger partial charge in [0.15, 0.2) is 0 Å². The summed E-state index contributed by atoms with van der Waals surface area (Å²) in [5.74, 6) is 5.09. The van der Waals surface area contributed by atoms with Crippen LogP contribution >= 0.6 is 0 Å². The number of fused-ring (bicyclic) bond motifs is 1. The Labute approximate surface area is 95.8 Å². The number of hydrogen-bond donors (Lipinski definition) is 1. The van der Waals surface area contributed by atoms with Gasteiger partial charge in [-0.25, -0.2) is 5.90 Å². The second-order valence-corrected chi connectivity index (χ2v) is 4.48. The molecule has 1 heterocycles. The molecule has 0 bridgehead atoms. The van der Waals surface area contributed by atoms with Crippen molar-refractivity contribution in [3.05, 3.63) is 35.5 Å². The first-order valence-corrected chi connectivity index (χ1v) is 5.55. The summed E-state index contributed by atoms with van der Waals surface area (Å²) in [4.78, 5) is 4.66.